The lowest BCUT2D eigenvalue weighted by Gasteiger charge is -2.27. The molecule has 0 aliphatic carbocycles. The van der Waals surface area contributed by atoms with Gasteiger partial charge in [-0.3, -0.25) is 4.79 Å². The molecule has 5 nitrogen and oxygen atoms in total. The molecule has 2 heterocycles. The van der Waals surface area contributed by atoms with Gasteiger partial charge in [-0.05, 0) is 50.2 Å². The Morgan fingerprint density at radius 3 is 2.50 bits per heavy atom. The second-order valence-electron chi connectivity index (χ2n) is 7.21. The lowest BCUT2D eigenvalue weighted by atomic mass is 9.78. The third-order valence-electron chi connectivity index (χ3n) is 5.44. The van der Waals surface area contributed by atoms with Crippen LogP contribution in [0.5, 0.6) is 0 Å². The first-order chi connectivity index (χ1) is 12.5. The molecule has 142 valence electrons. The number of fused-ring (bicyclic) bond motifs is 2. The predicted molar refractivity (Wildman–Crippen MR) is 98.6 cm³/mol. The van der Waals surface area contributed by atoms with Crippen LogP contribution in [0, 0.1) is 11.8 Å². The van der Waals surface area contributed by atoms with Gasteiger partial charge in [0.25, 0.3) is 0 Å². The molecule has 0 radical (unpaired) electrons. The average Bonchev–Trinajstić information content (AvgIpc) is 3.20. The van der Waals surface area contributed by atoms with Crippen molar-refractivity contribution in [2.75, 3.05) is 5.75 Å². The highest BCUT2D eigenvalue weighted by molar-refractivity contribution is 7.91. The summed E-state index contributed by atoms with van der Waals surface area (Å²) in [5.74, 6) is -0.382. The minimum atomic E-state index is -3.32. The molecule has 3 rings (SSSR count). The number of unbranched alkanes of at least 4 members (excludes halogenated alkanes) is 1. The maximum absolute atomic E-state index is 12.8. The number of sulfone groups is 1. The van der Waals surface area contributed by atoms with Crippen molar-refractivity contribution in [3.05, 3.63) is 42.5 Å². The molecular formula is C20H26O5S. The Balaban J connectivity index is 1.60. The molecule has 2 saturated heterocycles. The third-order valence-corrected chi connectivity index (χ3v) is 7.25. The van der Waals surface area contributed by atoms with Crippen LogP contribution in [0.2, 0.25) is 0 Å². The third kappa shape index (κ3) is 4.54. The summed E-state index contributed by atoms with van der Waals surface area (Å²) in [7, 11) is -3.32. The van der Waals surface area contributed by atoms with Crippen LogP contribution in [-0.4, -0.2) is 37.5 Å². The van der Waals surface area contributed by atoms with Gasteiger partial charge >= 0.3 is 5.97 Å². The molecule has 6 heteroatoms. The summed E-state index contributed by atoms with van der Waals surface area (Å²) in [5, 5.41) is 8.65. The van der Waals surface area contributed by atoms with Crippen molar-refractivity contribution in [1.29, 1.82) is 0 Å². The molecule has 1 N–H and O–H groups in total. The van der Waals surface area contributed by atoms with Crippen LogP contribution in [-0.2, 0) is 19.4 Å². The van der Waals surface area contributed by atoms with E-state index in [2.05, 4.69) is 6.08 Å². The van der Waals surface area contributed by atoms with Crippen molar-refractivity contribution in [3.8, 4) is 0 Å². The lowest BCUT2D eigenvalue weighted by Crippen LogP contribution is -2.32. The molecular weight excluding hydrogens is 352 g/mol. The van der Waals surface area contributed by atoms with Gasteiger partial charge in [0.05, 0.1) is 22.9 Å². The number of aliphatic carboxylic acids is 1. The Hall–Kier alpha value is -1.66. The van der Waals surface area contributed by atoms with Crippen LogP contribution < -0.4 is 0 Å². The first-order valence-corrected chi connectivity index (χ1v) is 10.9. The van der Waals surface area contributed by atoms with E-state index in [0.29, 0.717) is 11.3 Å². The van der Waals surface area contributed by atoms with E-state index in [1.807, 2.05) is 12.1 Å². The van der Waals surface area contributed by atoms with Crippen LogP contribution in [0.3, 0.4) is 0 Å². The quantitative estimate of drug-likeness (QED) is 0.526. The van der Waals surface area contributed by atoms with E-state index in [-0.39, 0.29) is 36.2 Å². The van der Waals surface area contributed by atoms with Gasteiger partial charge in [-0.25, -0.2) is 8.42 Å². The van der Waals surface area contributed by atoms with Crippen LogP contribution in [0.25, 0.3) is 0 Å². The lowest BCUT2D eigenvalue weighted by molar-refractivity contribution is -0.137. The molecule has 26 heavy (non-hydrogen) atoms. The number of hydrogen-bond acceptors (Lipinski definition) is 4. The van der Waals surface area contributed by atoms with Gasteiger partial charge in [0, 0.05) is 12.3 Å². The highest BCUT2D eigenvalue weighted by Gasteiger charge is 2.49. The van der Waals surface area contributed by atoms with Crippen LogP contribution in [0.1, 0.15) is 38.5 Å². The summed E-state index contributed by atoms with van der Waals surface area (Å²) in [5.41, 5.74) is 0. The number of hydrogen-bond donors (Lipinski definition) is 1. The Morgan fingerprint density at radius 1 is 1.12 bits per heavy atom. The average molecular weight is 378 g/mol. The predicted octanol–water partition coefficient (Wildman–Crippen LogP) is 3.46. The van der Waals surface area contributed by atoms with Crippen molar-refractivity contribution in [3.63, 3.8) is 0 Å². The molecule has 0 spiro atoms. The first-order valence-electron chi connectivity index (χ1n) is 9.27. The Morgan fingerprint density at radius 2 is 1.81 bits per heavy atom. The zero-order chi connectivity index (χ0) is 18.6. The summed E-state index contributed by atoms with van der Waals surface area (Å²) in [6, 6.07) is 8.63. The Labute approximate surface area is 155 Å². The molecule has 2 aliphatic heterocycles. The monoisotopic (exact) mass is 378 g/mol. The highest BCUT2D eigenvalue weighted by atomic mass is 32.2. The highest BCUT2D eigenvalue weighted by Crippen LogP contribution is 2.46. The van der Waals surface area contributed by atoms with Crippen molar-refractivity contribution in [1.82, 2.24) is 0 Å². The van der Waals surface area contributed by atoms with Crippen molar-refractivity contribution >= 4 is 15.8 Å². The maximum Gasteiger partial charge on any atom is 0.303 e. The van der Waals surface area contributed by atoms with E-state index in [0.717, 1.165) is 25.7 Å². The maximum atomic E-state index is 12.8. The molecule has 4 atom stereocenters. The number of allylic oxidation sites excluding steroid dienone is 2. The molecule has 2 aliphatic rings. The number of carboxylic acid groups (broad SMARTS) is 1. The SMILES string of the molecule is O=C(O)CCC/C=C\C[C@@H]1[C@@H](CS(=O)(=O)c2ccccc2)[C@@H]2CC[C@H]1O2. The smallest absolute Gasteiger partial charge is 0.303 e. The number of ether oxygens (including phenoxy) is 1. The van der Waals surface area contributed by atoms with Gasteiger partial charge in [0.15, 0.2) is 9.84 Å². The standard InChI is InChI=1S/C20H26O5S/c21-20(22)11-7-2-1-6-10-16-17(19-13-12-18(16)25-19)14-26(23,24)15-8-4-3-5-9-15/h1,3-6,8-9,16-19H,2,7,10-14H2,(H,21,22)/b6-1-/t16-,17-,18-,19+/m1/s1. The van der Waals surface area contributed by atoms with Crippen molar-refractivity contribution in [2.24, 2.45) is 11.8 Å². The van der Waals surface area contributed by atoms with Crippen LogP contribution in [0.4, 0.5) is 0 Å². The zero-order valence-corrected chi connectivity index (χ0v) is 15.6. The summed E-state index contributed by atoms with van der Waals surface area (Å²) in [6.07, 6.45) is 8.57. The molecule has 2 bridgehead atoms. The molecule has 2 fully saturated rings. The molecule has 1 aromatic carbocycles. The van der Waals surface area contributed by atoms with E-state index in [1.54, 1.807) is 24.3 Å². The van der Waals surface area contributed by atoms with Gasteiger partial charge in [-0.2, -0.15) is 0 Å². The summed E-state index contributed by atoms with van der Waals surface area (Å²) < 4.78 is 31.5. The van der Waals surface area contributed by atoms with E-state index in [4.69, 9.17) is 9.84 Å². The van der Waals surface area contributed by atoms with Gasteiger partial charge in [-0.1, -0.05) is 30.4 Å². The Kier molecular flexibility index (Phi) is 6.14. The van der Waals surface area contributed by atoms with Gasteiger partial charge in [0.2, 0.25) is 0 Å². The summed E-state index contributed by atoms with van der Waals surface area (Å²) in [4.78, 5) is 10.9. The van der Waals surface area contributed by atoms with E-state index in [1.165, 1.54) is 0 Å². The minimum Gasteiger partial charge on any atom is -0.481 e. The van der Waals surface area contributed by atoms with Crippen LogP contribution >= 0.6 is 0 Å². The molecule has 0 amide bonds. The van der Waals surface area contributed by atoms with Crippen molar-refractivity contribution < 1.29 is 23.1 Å². The van der Waals surface area contributed by atoms with Gasteiger partial charge in [0.1, 0.15) is 0 Å². The fraction of sp³-hybridized carbons (Fsp3) is 0.550. The molecule has 0 saturated carbocycles. The first kappa shape index (κ1) is 19.1. The van der Waals surface area contributed by atoms with E-state index in [9.17, 15) is 13.2 Å². The second kappa shape index (κ2) is 8.35. The number of carbonyl (C=O) groups is 1. The molecule has 0 unspecified atom stereocenters. The van der Waals surface area contributed by atoms with Gasteiger partial charge < -0.3 is 9.84 Å². The minimum absolute atomic E-state index is 0.0302. The summed E-state index contributed by atoms with van der Waals surface area (Å²) >= 11 is 0. The summed E-state index contributed by atoms with van der Waals surface area (Å²) in [6.45, 7) is 0. The second-order valence-corrected chi connectivity index (χ2v) is 9.24. The number of benzene rings is 1. The van der Waals surface area contributed by atoms with Gasteiger partial charge in [-0.15, -0.1) is 0 Å². The van der Waals surface area contributed by atoms with E-state index >= 15 is 0 Å². The largest absolute Gasteiger partial charge is 0.481 e. The normalized spacial score (nSPS) is 28.0. The molecule has 1 aromatic rings. The fourth-order valence-corrected chi connectivity index (χ4v) is 5.88. The number of rotatable bonds is 9. The van der Waals surface area contributed by atoms with Crippen molar-refractivity contribution in [2.45, 2.75) is 55.6 Å². The Bertz CT molecular complexity index is 741. The number of carboxylic acids is 1. The van der Waals surface area contributed by atoms with E-state index < -0.39 is 15.8 Å². The fourth-order valence-electron chi connectivity index (χ4n) is 4.15. The topological polar surface area (TPSA) is 80.7 Å². The molecule has 0 aromatic heterocycles. The van der Waals surface area contributed by atoms with Crippen LogP contribution in [0.15, 0.2) is 47.4 Å². The zero-order valence-electron chi connectivity index (χ0n) is 14.8.